The Labute approximate surface area is 196 Å². The normalized spacial score (nSPS) is 20.5. The van der Waals surface area contributed by atoms with Gasteiger partial charge >= 0.3 is 6.03 Å². The van der Waals surface area contributed by atoms with Crippen LogP contribution in [0.2, 0.25) is 0 Å². The highest BCUT2D eigenvalue weighted by Gasteiger charge is 2.27. The lowest BCUT2D eigenvalue weighted by atomic mass is 10.0. The quantitative estimate of drug-likeness (QED) is 0.603. The van der Waals surface area contributed by atoms with E-state index in [0.717, 1.165) is 56.6 Å². The van der Waals surface area contributed by atoms with Crippen molar-refractivity contribution in [1.29, 1.82) is 5.26 Å². The van der Waals surface area contributed by atoms with Gasteiger partial charge in [0.25, 0.3) is 0 Å². The van der Waals surface area contributed by atoms with Gasteiger partial charge in [0.15, 0.2) is 0 Å². The van der Waals surface area contributed by atoms with Crippen LogP contribution in [0.3, 0.4) is 0 Å². The number of hydrogen-bond acceptors (Lipinski definition) is 6. The Morgan fingerprint density at radius 3 is 2.70 bits per heavy atom. The summed E-state index contributed by atoms with van der Waals surface area (Å²) in [5.74, 6) is 0.488. The summed E-state index contributed by atoms with van der Waals surface area (Å²) in [5, 5.41) is 15.4. The van der Waals surface area contributed by atoms with E-state index in [1.54, 1.807) is 11.9 Å². The van der Waals surface area contributed by atoms with E-state index < -0.39 is 0 Å². The fourth-order valence-corrected chi connectivity index (χ4v) is 4.63. The molecule has 0 aromatic heterocycles. The molecule has 33 heavy (non-hydrogen) atoms. The Kier molecular flexibility index (Phi) is 8.17. The average Bonchev–Trinajstić information content (AvgIpc) is 2.81. The van der Waals surface area contributed by atoms with Gasteiger partial charge in [0.05, 0.1) is 18.2 Å². The zero-order valence-electron chi connectivity index (χ0n) is 19.6. The van der Waals surface area contributed by atoms with Crippen molar-refractivity contribution in [3.63, 3.8) is 0 Å². The van der Waals surface area contributed by atoms with Crippen molar-refractivity contribution < 1.29 is 9.59 Å². The largest absolute Gasteiger partial charge is 0.370 e. The SMILES string of the molecule is C=C(N1CCC[C@@H](NC(C)=O)C1)N(Cc1cc(N2CCC[C@H](N)C2)ccc1C#N)C(=O)NC. The number of carbonyl (C=O) groups excluding carboxylic acids is 2. The molecule has 9 nitrogen and oxygen atoms in total. The number of carbonyl (C=O) groups is 2. The molecule has 2 atom stereocenters. The van der Waals surface area contributed by atoms with Crippen LogP contribution in [0.15, 0.2) is 30.6 Å². The molecule has 3 amide bonds. The van der Waals surface area contributed by atoms with E-state index in [9.17, 15) is 14.9 Å². The molecule has 1 aromatic carbocycles. The first kappa shape index (κ1) is 24.4. The highest BCUT2D eigenvalue weighted by atomic mass is 16.2. The first-order valence-corrected chi connectivity index (χ1v) is 11.6. The number of anilines is 1. The van der Waals surface area contributed by atoms with Crippen LogP contribution in [0, 0.1) is 11.3 Å². The molecule has 0 unspecified atom stereocenters. The van der Waals surface area contributed by atoms with Gasteiger partial charge in [0.1, 0.15) is 5.82 Å². The van der Waals surface area contributed by atoms with E-state index >= 15 is 0 Å². The molecule has 0 aliphatic carbocycles. The first-order chi connectivity index (χ1) is 15.8. The highest BCUT2D eigenvalue weighted by Crippen LogP contribution is 2.26. The third kappa shape index (κ3) is 6.17. The number of hydrogen-bond donors (Lipinski definition) is 3. The molecule has 9 heteroatoms. The van der Waals surface area contributed by atoms with E-state index in [1.165, 1.54) is 6.92 Å². The van der Waals surface area contributed by atoms with Crippen molar-refractivity contribution in [3.05, 3.63) is 41.7 Å². The number of likely N-dealkylation sites (tertiary alicyclic amines) is 1. The third-order valence-corrected chi connectivity index (χ3v) is 6.33. The molecule has 2 aliphatic rings. The van der Waals surface area contributed by atoms with E-state index in [0.29, 0.717) is 17.9 Å². The zero-order chi connectivity index (χ0) is 24.0. The predicted octanol–water partition coefficient (Wildman–Crippen LogP) is 1.70. The van der Waals surface area contributed by atoms with Gasteiger partial charge in [-0.2, -0.15) is 5.26 Å². The molecule has 178 valence electrons. The second-order valence-corrected chi connectivity index (χ2v) is 8.84. The number of amides is 3. The highest BCUT2D eigenvalue weighted by molar-refractivity contribution is 5.76. The Balaban J connectivity index is 1.83. The lowest BCUT2D eigenvalue weighted by Crippen LogP contribution is -2.50. The van der Waals surface area contributed by atoms with Crippen LogP contribution in [0.25, 0.3) is 0 Å². The van der Waals surface area contributed by atoms with Crippen molar-refractivity contribution in [2.45, 2.75) is 51.2 Å². The summed E-state index contributed by atoms with van der Waals surface area (Å²) in [6.45, 7) is 8.96. The maximum atomic E-state index is 12.8. The Morgan fingerprint density at radius 1 is 1.27 bits per heavy atom. The van der Waals surface area contributed by atoms with E-state index in [2.05, 4.69) is 28.2 Å². The van der Waals surface area contributed by atoms with Gasteiger partial charge in [-0.1, -0.05) is 6.58 Å². The van der Waals surface area contributed by atoms with Crippen LogP contribution >= 0.6 is 0 Å². The molecule has 2 heterocycles. The van der Waals surface area contributed by atoms with Crippen molar-refractivity contribution in [1.82, 2.24) is 20.4 Å². The minimum Gasteiger partial charge on any atom is -0.370 e. The topological polar surface area (TPSA) is 118 Å². The van der Waals surface area contributed by atoms with Gasteiger partial charge in [0.2, 0.25) is 5.91 Å². The first-order valence-electron chi connectivity index (χ1n) is 11.6. The van der Waals surface area contributed by atoms with Crippen LogP contribution in [0.1, 0.15) is 43.7 Å². The van der Waals surface area contributed by atoms with Crippen LogP contribution < -0.4 is 21.3 Å². The second kappa shape index (κ2) is 11.1. The van der Waals surface area contributed by atoms with Crippen molar-refractivity contribution >= 4 is 17.6 Å². The molecule has 2 aliphatic heterocycles. The van der Waals surface area contributed by atoms with Gasteiger partial charge in [0, 0.05) is 57.9 Å². The van der Waals surface area contributed by atoms with Crippen LogP contribution in [-0.4, -0.2) is 67.0 Å². The molecule has 0 spiro atoms. The number of nitriles is 1. The number of urea groups is 1. The molecular formula is C24H35N7O2. The molecule has 2 saturated heterocycles. The number of nitrogens with one attached hydrogen (secondary N) is 2. The molecule has 4 N–H and O–H groups in total. The maximum absolute atomic E-state index is 12.8. The minimum absolute atomic E-state index is 0.0147. The van der Waals surface area contributed by atoms with Crippen LogP contribution in [0.5, 0.6) is 0 Å². The van der Waals surface area contributed by atoms with Gasteiger partial charge in [-0.3, -0.25) is 9.69 Å². The van der Waals surface area contributed by atoms with E-state index in [-0.39, 0.29) is 30.6 Å². The summed E-state index contributed by atoms with van der Waals surface area (Å²) < 4.78 is 0. The Hall–Kier alpha value is -3.25. The number of nitrogens with two attached hydrogens (primary N) is 1. The molecule has 0 bridgehead atoms. The fourth-order valence-electron chi connectivity index (χ4n) is 4.63. The summed E-state index contributed by atoms with van der Waals surface area (Å²) in [7, 11) is 1.58. The third-order valence-electron chi connectivity index (χ3n) is 6.33. The van der Waals surface area contributed by atoms with Gasteiger partial charge in [-0.15, -0.1) is 0 Å². The zero-order valence-corrected chi connectivity index (χ0v) is 19.6. The Bertz CT molecular complexity index is 926. The lowest BCUT2D eigenvalue weighted by molar-refractivity contribution is -0.120. The van der Waals surface area contributed by atoms with Crippen molar-refractivity contribution in [2.24, 2.45) is 5.73 Å². The fraction of sp³-hybridized carbons (Fsp3) is 0.542. The van der Waals surface area contributed by atoms with Crippen LogP contribution in [0.4, 0.5) is 10.5 Å². The average molecular weight is 454 g/mol. The predicted molar refractivity (Wildman–Crippen MR) is 128 cm³/mol. The molecular weight excluding hydrogens is 418 g/mol. The van der Waals surface area contributed by atoms with Gasteiger partial charge in [-0.25, -0.2) is 4.79 Å². The summed E-state index contributed by atoms with van der Waals surface area (Å²) in [5.41, 5.74) is 8.45. The smallest absolute Gasteiger partial charge is 0.323 e. The van der Waals surface area contributed by atoms with Crippen molar-refractivity contribution in [2.75, 3.05) is 38.1 Å². The number of benzene rings is 1. The lowest BCUT2D eigenvalue weighted by Gasteiger charge is -2.39. The molecule has 1 aromatic rings. The number of piperidine rings is 2. The monoisotopic (exact) mass is 453 g/mol. The molecule has 0 saturated carbocycles. The Morgan fingerprint density at radius 2 is 2.03 bits per heavy atom. The van der Waals surface area contributed by atoms with Gasteiger partial charge < -0.3 is 26.2 Å². The summed E-state index contributed by atoms with van der Waals surface area (Å²) in [4.78, 5) is 30.2. The number of rotatable bonds is 6. The van der Waals surface area contributed by atoms with E-state index in [4.69, 9.17) is 5.73 Å². The molecule has 0 radical (unpaired) electrons. The minimum atomic E-state index is -0.295. The molecule has 2 fully saturated rings. The number of nitrogens with zero attached hydrogens (tertiary/aromatic N) is 4. The molecule has 3 rings (SSSR count). The summed E-state index contributed by atoms with van der Waals surface area (Å²) >= 11 is 0. The van der Waals surface area contributed by atoms with Crippen LogP contribution in [-0.2, 0) is 11.3 Å². The summed E-state index contributed by atoms with van der Waals surface area (Å²) in [6, 6.07) is 7.84. The summed E-state index contributed by atoms with van der Waals surface area (Å²) in [6.07, 6.45) is 3.82. The van der Waals surface area contributed by atoms with Gasteiger partial charge in [-0.05, 0) is 49.4 Å². The second-order valence-electron chi connectivity index (χ2n) is 8.84. The maximum Gasteiger partial charge on any atom is 0.323 e. The van der Waals surface area contributed by atoms with Crippen molar-refractivity contribution in [3.8, 4) is 6.07 Å². The standard InChI is InChI=1S/C24H35N7O2/c1-17(32)28-22-7-5-10-29(16-22)18(2)31(24(33)27-3)14-20-12-23(9-8-19(20)13-25)30-11-4-6-21(26)15-30/h8-9,12,21-22H,2,4-7,10-11,14-16,26H2,1,3H3,(H,27,33)(H,28,32)/t21-,22+/m0/s1. The van der Waals surface area contributed by atoms with E-state index in [1.807, 2.05) is 23.1 Å².